The number of likely N-dealkylation sites (N-methyl/N-ethyl adjacent to an activating group) is 1. The Balaban J connectivity index is 1.95. The van der Waals surface area contributed by atoms with Crippen molar-refractivity contribution in [3.8, 4) is 0 Å². The minimum absolute atomic E-state index is 0.136. The molecule has 0 radical (unpaired) electrons. The number of piperidine rings is 1. The number of hydrogen-bond donors (Lipinski definition) is 1. The summed E-state index contributed by atoms with van der Waals surface area (Å²) >= 11 is 0. The Morgan fingerprint density at radius 1 is 1.42 bits per heavy atom. The highest BCUT2D eigenvalue weighted by molar-refractivity contribution is 5.02. The summed E-state index contributed by atoms with van der Waals surface area (Å²) in [7, 11) is 2.17. The number of hydrogen-bond acceptors (Lipinski definition) is 4. The molecule has 0 saturated carbocycles. The molecule has 1 aromatic heterocycles. The van der Waals surface area contributed by atoms with Gasteiger partial charge in [0.1, 0.15) is 5.76 Å². The Hall–Kier alpha value is -0.840. The molecule has 0 bridgehead atoms. The van der Waals surface area contributed by atoms with E-state index < -0.39 is 0 Å². The topological polar surface area (TPSA) is 45.6 Å². The van der Waals surface area contributed by atoms with Gasteiger partial charge in [-0.15, -0.1) is 0 Å². The van der Waals surface area contributed by atoms with Gasteiger partial charge in [0.2, 0.25) is 0 Å². The van der Waals surface area contributed by atoms with Crippen LogP contribution in [0.2, 0.25) is 0 Å². The maximum absolute atomic E-state index is 6.10. The molecule has 1 fully saturated rings. The maximum Gasteiger partial charge on any atom is 0.117 e. The van der Waals surface area contributed by atoms with E-state index in [2.05, 4.69) is 23.8 Å². The second-order valence-corrected chi connectivity index (χ2v) is 5.71. The lowest BCUT2D eigenvalue weighted by Gasteiger charge is -2.46. The van der Waals surface area contributed by atoms with E-state index in [1.165, 1.54) is 13.0 Å². The standard InChI is InChI=1S/C15H27N3O/c1-3-8-18-9-6-15(13-16,7-10-18)17(2)12-14-5-4-11-19-14/h4-5,11H,3,6-10,12-13,16H2,1-2H3. The van der Waals surface area contributed by atoms with E-state index in [0.29, 0.717) is 0 Å². The van der Waals surface area contributed by atoms with Gasteiger partial charge >= 0.3 is 0 Å². The highest BCUT2D eigenvalue weighted by Gasteiger charge is 2.36. The van der Waals surface area contributed by atoms with Crippen LogP contribution in [0, 0.1) is 0 Å². The zero-order valence-corrected chi connectivity index (χ0v) is 12.3. The Morgan fingerprint density at radius 3 is 2.68 bits per heavy atom. The van der Waals surface area contributed by atoms with Crippen molar-refractivity contribution in [1.82, 2.24) is 9.80 Å². The number of furan rings is 1. The third kappa shape index (κ3) is 3.38. The van der Waals surface area contributed by atoms with Crippen LogP contribution in [0.5, 0.6) is 0 Å². The molecule has 2 rings (SSSR count). The zero-order chi connectivity index (χ0) is 13.7. The summed E-state index contributed by atoms with van der Waals surface area (Å²) in [5, 5.41) is 0. The molecule has 4 nitrogen and oxygen atoms in total. The molecule has 1 saturated heterocycles. The first kappa shape index (κ1) is 14.6. The molecule has 0 atom stereocenters. The smallest absolute Gasteiger partial charge is 0.117 e. The SMILES string of the molecule is CCCN1CCC(CN)(N(C)Cc2ccco2)CC1. The summed E-state index contributed by atoms with van der Waals surface area (Å²) in [6, 6.07) is 3.98. The first-order chi connectivity index (χ1) is 9.20. The highest BCUT2D eigenvalue weighted by atomic mass is 16.3. The Morgan fingerprint density at radius 2 is 2.16 bits per heavy atom. The summed E-state index contributed by atoms with van der Waals surface area (Å²) in [6.45, 7) is 7.35. The van der Waals surface area contributed by atoms with Gasteiger partial charge in [-0.05, 0) is 58.1 Å². The van der Waals surface area contributed by atoms with Gasteiger partial charge in [0.25, 0.3) is 0 Å². The van der Waals surface area contributed by atoms with Crippen LogP contribution in [-0.2, 0) is 6.54 Å². The Kier molecular flexibility index (Phi) is 5.02. The Labute approximate surface area is 116 Å². The lowest BCUT2D eigenvalue weighted by atomic mass is 9.85. The van der Waals surface area contributed by atoms with Crippen LogP contribution < -0.4 is 5.73 Å². The number of nitrogens with two attached hydrogens (primary N) is 1. The molecule has 0 spiro atoms. The van der Waals surface area contributed by atoms with E-state index in [1.54, 1.807) is 6.26 Å². The molecule has 0 unspecified atom stereocenters. The lowest BCUT2D eigenvalue weighted by molar-refractivity contribution is 0.0360. The predicted molar refractivity (Wildman–Crippen MR) is 77.9 cm³/mol. The van der Waals surface area contributed by atoms with Crippen molar-refractivity contribution in [2.75, 3.05) is 33.2 Å². The first-order valence-corrected chi connectivity index (χ1v) is 7.36. The van der Waals surface area contributed by atoms with Crippen LogP contribution >= 0.6 is 0 Å². The summed E-state index contributed by atoms with van der Waals surface area (Å²) in [6.07, 6.45) is 5.28. The van der Waals surface area contributed by atoms with Crippen LogP contribution in [0.25, 0.3) is 0 Å². The number of nitrogens with zero attached hydrogens (tertiary/aromatic N) is 2. The average Bonchev–Trinajstić information content (AvgIpc) is 2.93. The van der Waals surface area contributed by atoms with Crippen molar-refractivity contribution >= 4 is 0 Å². The van der Waals surface area contributed by atoms with E-state index >= 15 is 0 Å². The fourth-order valence-corrected chi connectivity index (χ4v) is 3.05. The second kappa shape index (κ2) is 6.55. The number of likely N-dealkylation sites (tertiary alicyclic amines) is 1. The molecule has 0 aliphatic carbocycles. The molecule has 0 amide bonds. The molecule has 1 aliphatic heterocycles. The van der Waals surface area contributed by atoms with Crippen LogP contribution in [0.1, 0.15) is 31.9 Å². The van der Waals surface area contributed by atoms with Crippen LogP contribution in [0.4, 0.5) is 0 Å². The van der Waals surface area contributed by atoms with Gasteiger partial charge in [-0.3, -0.25) is 4.90 Å². The minimum atomic E-state index is 0.136. The Bertz CT molecular complexity index is 355. The van der Waals surface area contributed by atoms with Gasteiger partial charge in [-0.25, -0.2) is 0 Å². The summed E-state index contributed by atoms with van der Waals surface area (Å²) in [5.41, 5.74) is 6.23. The third-order valence-electron chi connectivity index (χ3n) is 4.49. The lowest BCUT2D eigenvalue weighted by Crippen LogP contribution is -2.57. The fraction of sp³-hybridized carbons (Fsp3) is 0.733. The van der Waals surface area contributed by atoms with Crippen molar-refractivity contribution in [3.05, 3.63) is 24.2 Å². The van der Waals surface area contributed by atoms with Gasteiger partial charge < -0.3 is 15.1 Å². The van der Waals surface area contributed by atoms with Crippen molar-refractivity contribution in [1.29, 1.82) is 0 Å². The van der Waals surface area contributed by atoms with E-state index in [4.69, 9.17) is 10.2 Å². The normalized spacial score (nSPS) is 20.0. The van der Waals surface area contributed by atoms with Gasteiger partial charge in [0, 0.05) is 12.1 Å². The van der Waals surface area contributed by atoms with Crippen LogP contribution in [0.15, 0.2) is 22.8 Å². The van der Waals surface area contributed by atoms with Crippen LogP contribution in [0.3, 0.4) is 0 Å². The molecular weight excluding hydrogens is 238 g/mol. The van der Waals surface area contributed by atoms with Gasteiger partial charge in [0.15, 0.2) is 0 Å². The molecule has 19 heavy (non-hydrogen) atoms. The number of rotatable bonds is 6. The van der Waals surface area contributed by atoms with Crippen molar-refractivity contribution in [3.63, 3.8) is 0 Å². The molecule has 4 heteroatoms. The van der Waals surface area contributed by atoms with E-state index in [9.17, 15) is 0 Å². The minimum Gasteiger partial charge on any atom is -0.468 e. The average molecular weight is 265 g/mol. The quantitative estimate of drug-likeness (QED) is 0.853. The monoisotopic (exact) mass is 265 g/mol. The third-order valence-corrected chi connectivity index (χ3v) is 4.49. The molecule has 108 valence electrons. The zero-order valence-electron chi connectivity index (χ0n) is 12.3. The first-order valence-electron chi connectivity index (χ1n) is 7.36. The van der Waals surface area contributed by atoms with Crippen molar-refractivity contribution < 1.29 is 4.42 Å². The molecule has 1 aliphatic rings. The predicted octanol–water partition coefficient (Wildman–Crippen LogP) is 1.91. The van der Waals surface area contributed by atoms with E-state index in [-0.39, 0.29) is 5.54 Å². The maximum atomic E-state index is 6.10. The molecule has 1 aromatic rings. The van der Waals surface area contributed by atoms with E-state index in [1.807, 2.05) is 12.1 Å². The van der Waals surface area contributed by atoms with Crippen LogP contribution in [-0.4, -0.2) is 48.6 Å². The molecule has 0 aromatic carbocycles. The van der Waals surface area contributed by atoms with Gasteiger partial charge in [-0.2, -0.15) is 0 Å². The summed E-state index contributed by atoms with van der Waals surface area (Å²) in [4.78, 5) is 4.93. The van der Waals surface area contributed by atoms with Crippen molar-refractivity contribution in [2.24, 2.45) is 5.73 Å². The van der Waals surface area contributed by atoms with E-state index in [0.717, 1.165) is 44.8 Å². The molecular formula is C15H27N3O. The van der Waals surface area contributed by atoms with Gasteiger partial charge in [0.05, 0.1) is 12.8 Å². The highest BCUT2D eigenvalue weighted by Crippen LogP contribution is 2.28. The molecule has 2 N–H and O–H groups in total. The molecule has 2 heterocycles. The largest absolute Gasteiger partial charge is 0.468 e. The summed E-state index contributed by atoms with van der Waals surface area (Å²) in [5.74, 6) is 1.02. The fourth-order valence-electron chi connectivity index (χ4n) is 3.05. The van der Waals surface area contributed by atoms with Gasteiger partial charge in [-0.1, -0.05) is 6.92 Å². The summed E-state index contributed by atoms with van der Waals surface area (Å²) < 4.78 is 5.45. The second-order valence-electron chi connectivity index (χ2n) is 5.71. The van der Waals surface area contributed by atoms with Crippen molar-refractivity contribution in [2.45, 2.75) is 38.3 Å².